The molecule has 0 heterocycles. The van der Waals surface area contributed by atoms with Gasteiger partial charge in [0.05, 0.1) is 6.10 Å². The fourth-order valence-corrected chi connectivity index (χ4v) is 2.19. The Morgan fingerprint density at radius 1 is 1.24 bits per heavy atom. The average molecular weight is 235 g/mol. The molecule has 1 aromatic carbocycles. The molecule has 2 nitrogen and oxygen atoms in total. The zero-order valence-corrected chi connectivity index (χ0v) is 11.5. The third kappa shape index (κ3) is 4.14. The highest BCUT2D eigenvalue weighted by Crippen LogP contribution is 2.20. The highest BCUT2D eigenvalue weighted by atomic mass is 16.3. The van der Waals surface area contributed by atoms with Gasteiger partial charge in [-0.3, -0.25) is 0 Å². The van der Waals surface area contributed by atoms with Crippen molar-refractivity contribution in [1.82, 2.24) is 4.90 Å². The molecule has 1 aromatic rings. The minimum atomic E-state index is -0.344. The summed E-state index contributed by atoms with van der Waals surface area (Å²) in [7, 11) is 0. The van der Waals surface area contributed by atoms with Crippen LogP contribution in [0.25, 0.3) is 0 Å². The van der Waals surface area contributed by atoms with Crippen molar-refractivity contribution in [3.05, 3.63) is 35.4 Å². The Kier molecular flexibility index (Phi) is 5.66. The highest BCUT2D eigenvalue weighted by Gasteiger charge is 2.13. The van der Waals surface area contributed by atoms with E-state index in [0.29, 0.717) is 6.04 Å². The molecular formula is C15H25NO. The number of aliphatic hydroxyl groups excluding tert-OH is 1. The van der Waals surface area contributed by atoms with Crippen molar-refractivity contribution in [3.63, 3.8) is 0 Å². The summed E-state index contributed by atoms with van der Waals surface area (Å²) in [6.45, 7) is 10.6. The van der Waals surface area contributed by atoms with Crippen molar-refractivity contribution < 1.29 is 5.11 Å². The van der Waals surface area contributed by atoms with Gasteiger partial charge in [0, 0.05) is 12.6 Å². The molecule has 0 radical (unpaired) electrons. The van der Waals surface area contributed by atoms with E-state index >= 15 is 0 Å². The first-order valence-corrected chi connectivity index (χ1v) is 6.53. The Balaban J connectivity index is 2.55. The van der Waals surface area contributed by atoms with E-state index in [-0.39, 0.29) is 6.10 Å². The van der Waals surface area contributed by atoms with E-state index in [0.717, 1.165) is 25.1 Å². The highest BCUT2D eigenvalue weighted by molar-refractivity contribution is 5.27. The van der Waals surface area contributed by atoms with Crippen LogP contribution in [0.1, 0.15) is 44.4 Å². The van der Waals surface area contributed by atoms with Gasteiger partial charge in [-0.2, -0.15) is 0 Å². The fraction of sp³-hybridized carbons (Fsp3) is 0.600. The Labute approximate surface area is 105 Å². The van der Waals surface area contributed by atoms with Gasteiger partial charge in [-0.15, -0.1) is 0 Å². The van der Waals surface area contributed by atoms with Crippen LogP contribution in [0.4, 0.5) is 0 Å². The number of hydrogen-bond acceptors (Lipinski definition) is 2. The summed E-state index contributed by atoms with van der Waals surface area (Å²) < 4.78 is 0. The molecule has 0 aromatic heterocycles. The molecule has 0 fully saturated rings. The summed E-state index contributed by atoms with van der Waals surface area (Å²) in [5.74, 6) is 0. The largest absolute Gasteiger partial charge is 0.388 e. The zero-order valence-electron chi connectivity index (χ0n) is 11.5. The third-order valence-corrected chi connectivity index (χ3v) is 3.37. The lowest BCUT2D eigenvalue weighted by atomic mass is 10.0. The molecule has 17 heavy (non-hydrogen) atoms. The normalized spacial score (nSPS) is 13.4. The van der Waals surface area contributed by atoms with E-state index in [9.17, 15) is 5.11 Å². The molecule has 1 atom stereocenters. The Bertz CT molecular complexity index is 335. The lowest BCUT2D eigenvalue weighted by molar-refractivity contribution is 0.132. The van der Waals surface area contributed by atoms with Crippen LogP contribution in [-0.2, 0) is 0 Å². The first kappa shape index (κ1) is 14.2. The molecule has 0 aliphatic rings. The Hall–Kier alpha value is -0.860. The molecule has 2 heteroatoms. The van der Waals surface area contributed by atoms with Gasteiger partial charge >= 0.3 is 0 Å². The van der Waals surface area contributed by atoms with Crippen LogP contribution in [0.2, 0.25) is 0 Å². The number of aliphatic hydroxyl groups is 1. The lowest BCUT2D eigenvalue weighted by Gasteiger charge is -2.26. The van der Waals surface area contributed by atoms with E-state index in [1.807, 2.05) is 18.2 Å². The first-order valence-electron chi connectivity index (χ1n) is 6.53. The smallest absolute Gasteiger partial charge is 0.0804 e. The van der Waals surface area contributed by atoms with Gasteiger partial charge in [0.15, 0.2) is 0 Å². The predicted molar refractivity (Wildman–Crippen MR) is 73.1 cm³/mol. The third-order valence-electron chi connectivity index (χ3n) is 3.37. The van der Waals surface area contributed by atoms with Crippen LogP contribution in [0.5, 0.6) is 0 Å². The van der Waals surface area contributed by atoms with Crippen LogP contribution in [0.15, 0.2) is 24.3 Å². The maximum Gasteiger partial charge on any atom is 0.0804 e. The second-order valence-electron chi connectivity index (χ2n) is 4.88. The zero-order chi connectivity index (χ0) is 12.8. The summed E-state index contributed by atoms with van der Waals surface area (Å²) in [5.41, 5.74) is 2.24. The van der Waals surface area contributed by atoms with Crippen LogP contribution in [0, 0.1) is 6.92 Å². The standard InChI is InChI=1S/C15H25NO/c1-5-16(12(2)3)11-10-15(17)14-9-7-6-8-13(14)4/h6-9,12,15,17H,5,10-11H2,1-4H3. The van der Waals surface area contributed by atoms with Gasteiger partial charge in [-0.05, 0) is 44.9 Å². The second-order valence-corrected chi connectivity index (χ2v) is 4.88. The molecule has 1 unspecified atom stereocenters. The van der Waals surface area contributed by atoms with Crippen LogP contribution < -0.4 is 0 Å². The van der Waals surface area contributed by atoms with Crippen molar-refractivity contribution in [2.45, 2.75) is 46.3 Å². The molecule has 0 bridgehead atoms. The van der Waals surface area contributed by atoms with Gasteiger partial charge in [0.25, 0.3) is 0 Å². The van der Waals surface area contributed by atoms with Crippen molar-refractivity contribution in [2.24, 2.45) is 0 Å². The monoisotopic (exact) mass is 235 g/mol. The maximum atomic E-state index is 10.2. The number of aryl methyl sites for hydroxylation is 1. The van der Waals surface area contributed by atoms with Crippen molar-refractivity contribution in [2.75, 3.05) is 13.1 Å². The fourth-order valence-electron chi connectivity index (χ4n) is 2.19. The lowest BCUT2D eigenvalue weighted by Crippen LogP contribution is -2.32. The number of benzene rings is 1. The second kappa shape index (κ2) is 6.77. The van der Waals surface area contributed by atoms with Crippen molar-refractivity contribution in [3.8, 4) is 0 Å². The van der Waals surface area contributed by atoms with Crippen molar-refractivity contribution in [1.29, 1.82) is 0 Å². The SMILES string of the molecule is CCN(CCC(O)c1ccccc1C)C(C)C. The van der Waals surface area contributed by atoms with E-state index in [2.05, 4.69) is 38.7 Å². The van der Waals surface area contributed by atoms with Gasteiger partial charge in [-0.1, -0.05) is 31.2 Å². The maximum absolute atomic E-state index is 10.2. The average Bonchev–Trinajstić information content (AvgIpc) is 2.29. The molecule has 1 rings (SSSR count). The summed E-state index contributed by atoms with van der Waals surface area (Å²) in [6.07, 6.45) is 0.459. The summed E-state index contributed by atoms with van der Waals surface area (Å²) >= 11 is 0. The molecule has 0 saturated heterocycles. The van der Waals surface area contributed by atoms with E-state index in [1.54, 1.807) is 0 Å². The van der Waals surface area contributed by atoms with Gasteiger partial charge in [-0.25, -0.2) is 0 Å². The first-order chi connectivity index (χ1) is 8.06. The minimum Gasteiger partial charge on any atom is -0.388 e. The predicted octanol–water partition coefficient (Wildman–Crippen LogP) is 3.15. The molecule has 0 aliphatic carbocycles. The van der Waals surface area contributed by atoms with Crippen LogP contribution in [0.3, 0.4) is 0 Å². The molecule has 0 aliphatic heterocycles. The van der Waals surface area contributed by atoms with Crippen molar-refractivity contribution >= 4 is 0 Å². The molecule has 1 N–H and O–H groups in total. The molecular weight excluding hydrogens is 210 g/mol. The van der Waals surface area contributed by atoms with E-state index in [1.165, 1.54) is 5.56 Å². The van der Waals surface area contributed by atoms with Gasteiger partial charge in [0.2, 0.25) is 0 Å². The van der Waals surface area contributed by atoms with E-state index in [4.69, 9.17) is 0 Å². The van der Waals surface area contributed by atoms with Gasteiger partial charge < -0.3 is 10.0 Å². The number of nitrogens with zero attached hydrogens (tertiary/aromatic N) is 1. The number of hydrogen-bond donors (Lipinski definition) is 1. The van der Waals surface area contributed by atoms with E-state index < -0.39 is 0 Å². The number of rotatable bonds is 6. The van der Waals surface area contributed by atoms with Gasteiger partial charge in [0.1, 0.15) is 0 Å². The topological polar surface area (TPSA) is 23.5 Å². The molecule has 0 spiro atoms. The Morgan fingerprint density at radius 3 is 2.41 bits per heavy atom. The summed E-state index contributed by atoms with van der Waals surface area (Å²) in [5, 5.41) is 10.2. The molecule has 0 amide bonds. The quantitative estimate of drug-likeness (QED) is 0.818. The molecule has 0 saturated carbocycles. The van der Waals surface area contributed by atoms with Crippen LogP contribution >= 0.6 is 0 Å². The molecule has 96 valence electrons. The Morgan fingerprint density at radius 2 is 1.88 bits per heavy atom. The summed E-state index contributed by atoms with van der Waals surface area (Å²) in [6, 6.07) is 8.62. The minimum absolute atomic E-state index is 0.344. The van der Waals surface area contributed by atoms with Crippen LogP contribution in [-0.4, -0.2) is 29.1 Å². The summed E-state index contributed by atoms with van der Waals surface area (Å²) in [4.78, 5) is 2.38.